The van der Waals surface area contributed by atoms with Crippen molar-refractivity contribution in [3.8, 4) is 5.75 Å². The summed E-state index contributed by atoms with van der Waals surface area (Å²) in [6, 6.07) is 16.0. The quantitative estimate of drug-likeness (QED) is 0.785. The lowest BCUT2D eigenvalue weighted by Gasteiger charge is -2.17. The molecule has 0 aromatic heterocycles. The van der Waals surface area contributed by atoms with Crippen LogP contribution in [0, 0.1) is 0 Å². The first kappa shape index (κ1) is 14.5. The van der Waals surface area contributed by atoms with E-state index in [1.165, 1.54) is 18.5 Å². The van der Waals surface area contributed by atoms with Crippen molar-refractivity contribution in [2.75, 3.05) is 11.1 Å². The fraction of sp³-hybridized carbons (Fsp3) is 0.263. The molecule has 2 aromatic rings. The van der Waals surface area contributed by atoms with Crippen LogP contribution in [0.4, 0.5) is 11.4 Å². The summed E-state index contributed by atoms with van der Waals surface area (Å²) in [4.78, 5) is 0. The third kappa shape index (κ3) is 3.82. The molecule has 0 spiro atoms. The molecule has 3 rings (SSSR count). The van der Waals surface area contributed by atoms with Gasteiger partial charge in [0, 0.05) is 11.8 Å². The van der Waals surface area contributed by atoms with Gasteiger partial charge in [-0.1, -0.05) is 36.4 Å². The van der Waals surface area contributed by atoms with Crippen molar-refractivity contribution in [1.29, 1.82) is 0 Å². The second kappa shape index (κ2) is 7.03. The minimum absolute atomic E-state index is 0.554. The van der Waals surface area contributed by atoms with Gasteiger partial charge in [0.05, 0.1) is 11.4 Å². The van der Waals surface area contributed by atoms with Gasteiger partial charge in [0.25, 0.3) is 0 Å². The SMILES string of the molecule is Nc1cc(OCc2ccccc2)ccc1NC1=CCCCC1. The van der Waals surface area contributed by atoms with Crippen LogP contribution >= 0.6 is 0 Å². The molecule has 22 heavy (non-hydrogen) atoms. The molecule has 0 unspecified atom stereocenters. The number of nitrogens with one attached hydrogen (secondary N) is 1. The maximum atomic E-state index is 6.14. The third-order valence-electron chi connectivity index (χ3n) is 3.86. The fourth-order valence-corrected chi connectivity index (χ4v) is 2.61. The molecule has 1 aliphatic carbocycles. The number of hydrogen-bond acceptors (Lipinski definition) is 3. The van der Waals surface area contributed by atoms with Crippen molar-refractivity contribution in [1.82, 2.24) is 0 Å². The van der Waals surface area contributed by atoms with E-state index in [0.29, 0.717) is 6.61 Å². The lowest BCUT2D eigenvalue weighted by molar-refractivity contribution is 0.306. The van der Waals surface area contributed by atoms with Crippen molar-refractivity contribution in [2.45, 2.75) is 32.3 Å². The van der Waals surface area contributed by atoms with Gasteiger partial charge in [-0.05, 0) is 43.4 Å². The average molecular weight is 294 g/mol. The second-order valence-electron chi connectivity index (χ2n) is 5.62. The van der Waals surface area contributed by atoms with Crippen LogP contribution in [0.5, 0.6) is 5.75 Å². The lowest BCUT2D eigenvalue weighted by atomic mass is 10.0. The summed E-state index contributed by atoms with van der Waals surface area (Å²) >= 11 is 0. The van der Waals surface area contributed by atoms with Crippen LogP contribution in [0.3, 0.4) is 0 Å². The smallest absolute Gasteiger partial charge is 0.122 e. The largest absolute Gasteiger partial charge is 0.489 e. The Morgan fingerprint density at radius 1 is 1.05 bits per heavy atom. The normalized spacial score (nSPS) is 14.3. The molecule has 0 fully saturated rings. The van der Waals surface area contributed by atoms with E-state index in [1.807, 2.05) is 36.4 Å². The number of allylic oxidation sites excluding steroid dienone is 2. The Hall–Kier alpha value is -2.42. The Morgan fingerprint density at radius 3 is 2.64 bits per heavy atom. The number of benzene rings is 2. The highest BCUT2D eigenvalue weighted by Gasteiger charge is 2.07. The van der Waals surface area contributed by atoms with E-state index in [1.54, 1.807) is 0 Å². The topological polar surface area (TPSA) is 47.3 Å². The van der Waals surface area contributed by atoms with Gasteiger partial charge in [0.1, 0.15) is 12.4 Å². The van der Waals surface area contributed by atoms with E-state index in [-0.39, 0.29) is 0 Å². The van der Waals surface area contributed by atoms with Crippen LogP contribution < -0.4 is 15.8 Å². The number of anilines is 2. The van der Waals surface area contributed by atoms with Crippen molar-refractivity contribution >= 4 is 11.4 Å². The Balaban J connectivity index is 1.63. The summed E-state index contributed by atoms with van der Waals surface area (Å²) in [6.07, 6.45) is 7.05. The van der Waals surface area contributed by atoms with Crippen molar-refractivity contribution < 1.29 is 4.74 Å². The zero-order chi connectivity index (χ0) is 15.2. The molecule has 0 aliphatic heterocycles. The van der Waals surface area contributed by atoms with Gasteiger partial charge in [-0.25, -0.2) is 0 Å². The van der Waals surface area contributed by atoms with Crippen LogP contribution in [-0.4, -0.2) is 0 Å². The number of rotatable bonds is 5. The van der Waals surface area contributed by atoms with Gasteiger partial charge in [-0.3, -0.25) is 0 Å². The van der Waals surface area contributed by atoms with Crippen LogP contribution in [0.1, 0.15) is 31.2 Å². The van der Waals surface area contributed by atoms with Crippen LogP contribution in [0.25, 0.3) is 0 Å². The van der Waals surface area contributed by atoms with Gasteiger partial charge in [0.15, 0.2) is 0 Å². The number of hydrogen-bond donors (Lipinski definition) is 2. The molecule has 0 amide bonds. The summed E-state index contributed by atoms with van der Waals surface area (Å²) < 4.78 is 5.80. The Kier molecular flexibility index (Phi) is 4.64. The highest BCUT2D eigenvalue weighted by atomic mass is 16.5. The molecular formula is C19H22N2O. The molecule has 0 atom stereocenters. The first-order valence-corrected chi connectivity index (χ1v) is 7.83. The average Bonchev–Trinajstić information content (AvgIpc) is 2.57. The molecular weight excluding hydrogens is 272 g/mol. The maximum Gasteiger partial charge on any atom is 0.122 e. The molecule has 0 radical (unpaired) electrons. The molecule has 0 heterocycles. The van der Waals surface area contributed by atoms with Crippen molar-refractivity contribution in [3.63, 3.8) is 0 Å². The molecule has 1 aliphatic rings. The summed E-state index contributed by atoms with van der Waals surface area (Å²) in [5.74, 6) is 0.796. The Bertz CT molecular complexity index is 650. The first-order valence-electron chi connectivity index (χ1n) is 7.83. The number of ether oxygens (including phenoxy) is 1. The molecule has 2 aromatic carbocycles. The lowest BCUT2D eigenvalue weighted by Crippen LogP contribution is -2.05. The van der Waals surface area contributed by atoms with E-state index in [2.05, 4.69) is 23.5 Å². The predicted molar refractivity (Wildman–Crippen MR) is 91.8 cm³/mol. The number of nitrogens with two attached hydrogens (primary N) is 1. The van der Waals surface area contributed by atoms with E-state index in [9.17, 15) is 0 Å². The van der Waals surface area contributed by atoms with E-state index < -0.39 is 0 Å². The summed E-state index contributed by atoms with van der Waals surface area (Å²) in [6.45, 7) is 0.554. The van der Waals surface area contributed by atoms with Gasteiger partial charge in [0.2, 0.25) is 0 Å². The second-order valence-corrected chi connectivity index (χ2v) is 5.62. The first-order chi connectivity index (χ1) is 10.8. The molecule has 0 bridgehead atoms. The number of nitrogen functional groups attached to an aromatic ring is 1. The molecule has 0 saturated carbocycles. The Morgan fingerprint density at radius 2 is 1.91 bits per heavy atom. The van der Waals surface area contributed by atoms with Gasteiger partial charge in [-0.2, -0.15) is 0 Å². The van der Waals surface area contributed by atoms with Crippen LogP contribution in [0.2, 0.25) is 0 Å². The van der Waals surface area contributed by atoms with Gasteiger partial charge < -0.3 is 15.8 Å². The molecule has 0 saturated heterocycles. The zero-order valence-corrected chi connectivity index (χ0v) is 12.7. The maximum absolute atomic E-state index is 6.14. The van der Waals surface area contributed by atoms with Crippen LogP contribution in [-0.2, 0) is 6.61 Å². The molecule has 3 nitrogen and oxygen atoms in total. The fourth-order valence-electron chi connectivity index (χ4n) is 2.61. The predicted octanol–water partition coefficient (Wildman–Crippen LogP) is 4.72. The van der Waals surface area contributed by atoms with E-state index in [0.717, 1.165) is 35.5 Å². The van der Waals surface area contributed by atoms with Gasteiger partial charge >= 0.3 is 0 Å². The summed E-state index contributed by atoms with van der Waals surface area (Å²) in [5, 5.41) is 3.43. The minimum atomic E-state index is 0.554. The highest BCUT2D eigenvalue weighted by Crippen LogP contribution is 2.28. The monoisotopic (exact) mass is 294 g/mol. The standard InChI is InChI=1S/C19H22N2O/c20-18-13-17(22-14-15-7-3-1-4-8-15)11-12-19(18)21-16-9-5-2-6-10-16/h1,3-4,7-9,11-13,21H,2,5-6,10,14,20H2. The van der Waals surface area contributed by atoms with Gasteiger partial charge in [-0.15, -0.1) is 0 Å². The van der Waals surface area contributed by atoms with E-state index in [4.69, 9.17) is 10.5 Å². The highest BCUT2D eigenvalue weighted by molar-refractivity contribution is 5.70. The summed E-state index contributed by atoms with van der Waals surface area (Å²) in [7, 11) is 0. The third-order valence-corrected chi connectivity index (χ3v) is 3.86. The Labute approximate surface area is 131 Å². The van der Waals surface area contributed by atoms with E-state index >= 15 is 0 Å². The molecule has 3 heteroatoms. The minimum Gasteiger partial charge on any atom is -0.489 e. The van der Waals surface area contributed by atoms with Crippen LogP contribution in [0.15, 0.2) is 60.3 Å². The molecule has 3 N–H and O–H groups in total. The zero-order valence-electron chi connectivity index (χ0n) is 12.7. The molecule has 114 valence electrons. The van der Waals surface area contributed by atoms with Crippen molar-refractivity contribution in [3.05, 3.63) is 65.9 Å². The summed E-state index contributed by atoms with van der Waals surface area (Å²) in [5.41, 5.74) is 10.2. The van der Waals surface area contributed by atoms with Crippen molar-refractivity contribution in [2.24, 2.45) is 0 Å².